The first-order chi connectivity index (χ1) is 10.6. The molecule has 0 aliphatic heterocycles. The molecule has 0 saturated heterocycles. The summed E-state index contributed by atoms with van der Waals surface area (Å²) in [5, 5.41) is 22.9. The first kappa shape index (κ1) is 19.3. The molecule has 3 unspecified atom stereocenters. The lowest BCUT2D eigenvalue weighted by atomic mass is 10.0. The largest absolute Gasteiger partial charge is 0.508 e. The van der Waals surface area contributed by atoms with Crippen LogP contribution in [0.1, 0.15) is 25.5 Å². The number of benzene rings is 2. The molecule has 0 heterocycles. The van der Waals surface area contributed by atoms with Gasteiger partial charge >= 0.3 is 0 Å². The van der Waals surface area contributed by atoms with Crippen LogP contribution in [-0.4, -0.2) is 28.9 Å². The quantitative estimate of drug-likeness (QED) is 0.722. The van der Waals surface area contributed by atoms with Crippen LogP contribution in [0.3, 0.4) is 0 Å². The van der Waals surface area contributed by atoms with Gasteiger partial charge in [-0.15, -0.1) is 12.4 Å². The number of hydrogen-bond acceptors (Lipinski definition) is 4. The molecule has 2 rings (SSSR count). The molecule has 0 radical (unpaired) electrons. The molecule has 0 aromatic heterocycles. The van der Waals surface area contributed by atoms with E-state index in [1.54, 1.807) is 24.3 Å². The number of rotatable bonds is 7. The highest BCUT2D eigenvalue weighted by Gasteiger charge is 2.18. The molecule has 0 amide bonds. The van der Waals surface area contributed by atoms with E-state index in [0.717, 1.165) is 11.3 Å². The maximum atomic E-state index is 10.3. The Balaban J connectivity index is 0.00000264. The van der Waals surface area contributed by atoms with Crippen molar-refractivity contribution < 1.29 is 14.9 Å². The second kappa shape index (κ2) is 9.40. The van der Waals surface area contributed by atoms with Crippen LogP contribution in [0.15, 0.2) is 54.6 Å². The number of aliphatic hydroxyl groups excluding tert-OH is 1. The van der Waals surface area contributed by atoms with Crippen LogP contribution in [0.5, 0.6) is 11.5 Å². The smallest absolute Gasteiger partial charge is 0.119 e. The molecular weight excluding hydrogens is 320 g/mol. The van der Waals surface area contributed by atoms with Crippen LogP contribution in [-0.2, 0) is 0 Å². The highest BCUT2D eigenvalue weighted by molar-refractivity contribution is 5.85. The van der Waals surface area contributed by atoms with Crippen LogP contribution in [0.2, 0.25) is 0 Å². The minimum atomic E-state index is -0.639. The van der Waals surface area contributed by atoms with Gasteiger partial charge < -0.3 is 20.3 Å². The Bertz CT molecular complexity index is 562. The molecule has 23 heavy (non-hydrogen) atoms. The van der Waals surface area contributed by atoms with Gasteiger partial charge in [-0.05, 0) is 43.7 Å². The van der Waals surface area contributed by atoms with Crippen molar-refractivity contribution in [3.05, 3.63) is 60.2 Å². The minimum Gasteiger partial charge on any atom is -0.508 e. The Morgan fingerprint density at radius 2 is 1.61 bits per heavy atom. The number of aromatic hydroxyl groups is 1. The summed E-state index contributed by atoms with van der Waals surface area (Å²) < 4.78 is 5.69. The molecule has 0 saturated carbocycles. The van der Waals surface area contributed by atoms with Crippen molar-refractivity contribution in [1.82, 2.24) is 5.32 Å². The lowest BCUT2D eigenvalue weighted by molar-refractivity contribution is 0.124. The number of phenolic OH excluding ortho intramolecular Hbond substituents is 1. The van der Waals surface area contributed by atoms with Gasteiger partial charge in [0.25, 0.3) is 0 Å². The third-order valence-electron chi connectivity index (χ3n) is 3.50. The molecule has 0 aliphatic carbocycles. The summed E-state index contributed by atoms with van der Waals surface area (Å²) in [5.41, 5.74) is 0.772. The fourth-order valence-corrected chi connectivity index (χ4v) is 2.29. The Morgan fingerprint density at radius 1 is 1.00 bits per heavy atom. The van der Waals surface area contributed by atoms with E-state index in [1.807, 2.05) is 44.2 Å². The number of halogens is 1. The molecule has 0 bridgehead atoms. The molecule has 0 fully saturated rings. The van der Waals surface area contributed by atoms with E-state index in [1.165, 1.54) is 0 Å². The zero-order chi connectivity index (χ0) is 15.9. The van der Waals surface area contributed by atoms with Gasteiger partial charge in [0.2, 0.25) is 0 Å². The minimum absolute atomic E-state index is 0. The summed E-state index contributed by atoms with van der Waals surface area (Å²) in [6.45, 7) is 4.47. The number of hydrogen-bond donors (Lipinski definition) is 3. The summed E-state index contributed by atoms with van der Waals surface area (Å²) in [6.07, 6.45) is -0.639. The number of aliphatic hydroxyl groups is 1. The summed E-state index contributed by atoms with van der Waals surface area (Å²) in [5.74, 6) is 1.03. The zero-order valence-electron chi connectivity index (χ0n) is 13.3. The Hall–Kier alpha value is -1.75. The first-order valence-electron chi connectivity index (χ1n) is 7.47. The molecule has 3 atom stereocenters. The molecule has 3 N–H and O–H groups in total. The summed E-state index contributed by atoms with van der Waals surface area (Å²) in [6, 6.07) is 16.2. The Kier molecular flexibility index (Phi) is 7.89. The average Bonchev–Trinajstić information content (AvgIpc) is 2.54. The third-order valence-corrected chi connectivity index (χ3v) is 3.50. The van der Waals surface area contributed by atoms with Crippen molar-refractivity contribution in [2.75, 3.05) is 6.61 Å². The number of ether oxygens (including phenoxy) is 1. The van der Waals surface area contributed by atoms with E-state index in [0.29, 0.717) is 6.61 Å². The fourth-order valence-electron chi connectivity index (χ4n) is 2.29. The van der Waals surface area contributed by atoms with Crippen molar-refractivity contribution in [3.63, 3.8) is 0 Å². The van der Waals surface area contributed by atoms with Crippen molar-refractivity contribution in [3.8, 4) is 11.5 Å². The first-order valence-corrected chi connectivity index (χ1v) is 7.47. The van der Waals surface area contributed by atoms with Gasteiger partial charge in [0, 0.05) is 12.1 Å². The van der Waals surface area contributed by atoms with E-state index in [4.69, 9.17) is 4.74 Å². The monoisotopic (exact) mass is 343 g/mol. The molecule has 4 nitrogen and oxygen atoms in total. The predicted octanol–water partition coefficient (Wildman–Crippen LogP) is 3.29. The van der Waals surface area contributed by atoms with Gasteiger partial charge in [-0.2, -0.15) is 0 Å². The topological polar surface area (TPSA) is 61.7 Å². The molecule has 0 aliphatic rings. The molecule has 2 aromatic rings. The van der Waals surface area contributed by atoms with Crippen molar-refractivity contribution in [2.45, 2.75) is 32.0 Å². The van der Waals surface area contributed by atoms with Crippen LogP contribution in [0.25, 0.3) is 0 Å². The van der Waals surface area contributed by atoms with Crippen LogP contribution < -0.4 is 10.1 Å². The van der Waals surface area contributed by atoms with Crippen molar-refractivity contribution in [2.24, 2.45) is 0 Å². The molecular formula is C18H24ClNO3. The average molecular weight is 344 g/mol. The lowest BCUT2D eigenvalue weighted by Gasteiger charge is -2.25. The van der Waals surface area contributed by atoms with Crippen LogP contribution in [0, 0.1) is 0 Å². The summed E-state index contributed by atoms with van der Waals surface area (Å²) >= 11 is 0. The van der Waals surface area contributed by atoms with E-state index in [9.17, 15) is 10.2 Å². The Morgan fingerprint density at radius 3 is 2.22 bits per heavy atom. The maximum Gasteiger partial charge on any atom is 0.119 e. The van der Waals surface area contributed by atoms with Gasteiger partial charge in [0.15, 0.2) is 0 Å². The maximum absolute atomic E-state index is 10.3. The standard InChI is InChI=1S/C18H23NO3.ClH/c1-13(12-22-17-6-4-3-5-7-17)19-14(2)18(21)15-8-10-16(20)11-9-15;/h3-11,13-14,18-21H,12H2,1-2H3;1H/i3+1,4+1,5+1,6+1,7+1,17+1;. The lowest BCUT2D eigenvalue weighted by Crippen LogP contribution is -2.41. The van der Waals surface area contributed by atoms with E-state index in [-0.39, 0.29) is 30.2 Å². The Labute approximate surface area is 143 Å². The highest BCUT2D eigenvalue weighted by atomic mass is 35.5. The predicted molar refractivity (Wildman–Crippen MR) is 94.3 cm³/mol. The zero-order valence-corrected chi connectivity index (χ0v) is 14.2. The van der Waals surface area contributed by atoms with Gasteiger partial charge in [-0.1, -0.05) is 30.3 Å². The molecule has 5 heteroatoms. The second-order valence-corrected chi connectivity index (χ2v) is 5.52. The SMILES string of the molecule is CC(CO[13c]1[13cH][13cH][13cH][13cH][13cH]1)NC(C)C(O)c1ccc(O)cc1.Cl. The van der Waals surface area contributed by atoms with Gasteiger partial charge in [0.05, 0.1) is 6.10 Å². The van der Waals surface area contributed by atoms with Gasteiger partial charge in [-0.25, -0.2) is 0 Å². The van der Waals surface area contributed by atoms with Crippen molar-refractivity contribution in [1.29, 1.82) is 0 Å². The molecule has 126 valence electrons. The third kappa shape index (κ3) is 6.10. The number of nitrogens with one attached hydrogen (secondary N) is 1. The summed E-state index contributed by atoms with van der Waals surface area (Å²) in [4.78, 5) is 0. The van der Waals surface area contributed by atoms with Crippen LogP contribution >= 0.6 is 12.4 Å². The normalized spacial score (nSPS) is 14.4. The molecule has 2 aromatic carbocycles. The molecule has 0 spiro atoms. The summed E-state index contributed by atoms with van der Waals surface area (Å²) in [7, 11) is 0. The van der Waals surface area contributed by atoms with E-state index < -0.39 is 6.10 Å². The van der Waals surface area contributed by atoms with Crippen molar-refractivity contribution >= 4 is 12.4 Å². The van der Waals surface area contributed by atoms with Gasteiger partial charge in [-0.3, -0.25) is 0 Å². The fraction of sp³-hybridized carbons (Fsp3) is 0.333. The van der Waals surface area contributed by atoms with E-state index in [2.05, 4.69) is 5.32 Å². The number of para-hydroxylation sites is 1. The van der Waals surface area contributed by atoms with E-state index >= 15 is 0 Å². The number of phenols is 1. The van der Waals surface area contributed by atoms with Crippen LogP contribution in [0.4, 0.5) is 0 Å². The second-order valence-electron chi connectivity index (χ2n) is 5.52. The highest BCUT2D eigenvalue weighted by Crippen LogP contribution is 2.20. The van der Waals surface area contributed by atoms with Gasteiger partial charge in [0.1, 0.15) is 18.1 Å².